The van der Waals surface area contributed by atoms with E-state index in [4.69, 9.17) is 0 Å². The van der Waals surface area contributed by atoms with E-state index in [1.807, 2.05) is 12.1 Å². The smallest absolute Gasteiger partial charge is 0.221 e. The van der Waals surface area contributed by atoms with Crippen LogP contribution in [0.15, 0.2) is 28.7 Å². The van der Waals surface area contributed by atoms with Gasteiger partial charge in [0.2, 0.25) is 5.91 Å². The molecule has 1 aromatic rings. The molecule has 1 aromatic carbocycles. The van der Waals surface area contributed by atoms with Crippen LogP contribution in [-0.4, -0.2) is 19.5 Å². The fraction of sp³-hybridized carbons (Fsp3) is 0.462. The summed E-state index contributed by atoms with van der Waals surface area (Å²) in [5, 5.41) is 6.02. The maximum atomic E-state index is 11.1. The first-order chi connectivity index (χ1) is 8.17. The molecule has 0 spiro atoms. The second-order valence-corrected chi connectivity index (χ2v) is 4.81. The van der Waals surface area contributed by atoms with Gasteiger partial charge >= 0.3 is 0 Å². The summed E-state index contributed by atoms with van der Waals surface area (Å²) in [6, 6.07) is 8.56. The summed E-state index contributed by atoms with van der Waals surface area (Å²) < 4.78 is 1.08. The van der Waals surface area contributed by atoms with E-state index in [0.29, 0.717) is 19.0 Å². The summed E-state index contributed by atoms with van der Waals surface area (Å²) in [6.45, 7) is 2.84. The van der Waals surface area contributed by atoms with Gasteiger partial charge in [-0.1, -0.05) is 35.0 Å². The fourth-order valence-electron chi connectivity index (χ4n) is 1.71. The van der Waals surface area contributed by atoms with E-state index in [2.05, 4.69) is 45.6 Å². The molecule has 4 heteroatoms. The Bertz CT molecular complexity index is 368. The van der Waals surface area contributed by atoms with E-state index >= 15 is 0 Å². The van der Waals surface area contributed by atoms with Crippen LogP contribution in [0.4, 0.5) is 0 Å². The van der Waals surface area contributed by atoms with E-state index in [1.54, 1.807) is 7.05 Å². The van der Waals surface area contributed by atoms with Crippen LogP contribution in [-0.2, 0) is 4.79 Å². The van der Waals surface area contributed by atoms with Crippen molar-refractivity contribution in [2.24, 2.45) is 0 Å². The van der Waals surface area contributed by atoms with Crippen LogP contribution in [0.25, 0.3) is 0 Å². The van der Waals surface area contributed by atoms with Gasteiger partial charge in [0.1, 0.15) is 0 Å². The highest BCUT2D eigenvalue weighted by Crippen LogP contribution is 2.20. The van der Waals surface area contributed by atoms with Crippen LogP contribution in [0, 0.1) is 0 Å². The molecule has 0 fully saturated rings. The maximum Gasteiger partial charge on any atom is 0.221 e. The lowest BCUT2D eigenvalue weighted by molar-refractivity contribution is -0.120. The molecular formula is C13H19BrN2O. The molecule has 0 saturated carbocycles. The molecule has 0 aliphatic heterocycles. The number of benzene rings is 1. The lowest BCUT2D eigenvalue weighted by Crippen LogP contribution is -2.27. The van der Waals surface area contributed by atoms with Crippen molar-refractivity contribution in [2.75, 3.05) is 13.6 Å². The van der Waals surface area contributed by atoms with Gasteiger partial charge in [0.15, 0.2) is 0 Å². The zero-order chi connectivity index (χ0) is 12.7. The van der Waals surface area contributed by atoms with E-state index in [9.17, 15) is 4.79 Å². The SMILES string of the molecule is CCC(NCCC(=O)NC)c1cccc(Br)c1. The van der Waals surface area contributed by atoms with Gasteiger partial charge in [-0.3, -0.25) is 4.79 Å². The second kappa shape index (κ2) is 7.45. The molecule has 0 aliphatic carbocycles. The van der Waals surface area contributed by atoms with E-state index in [0.717, 1.165) is 10.9 Å². The van der Waals surface area contributed by atoms with Crippen LogP contribution >= 0.6 is 15.9 Å². The van der Waals surface area contributed by atoms with Crippen LogP contribution in [0.5, 0.6) is 0 Å². The van der Waals surface area contributed by atoms with Crippen LogP contribution in [0.2, 0.25) is 0 Å². The molecule has 2 N–H and O–H groups in total. The largest absolute Gasteiger partial charge is 0.359 e. The Morgan fingerprint density at radius 3 is 2.82 bits per heavy atom. The Hall–Kier alpha value is -0.870. The first kappa shape index (κ1) is 14.2. The zero-order valence-corrected chi connectivity index (χ0v) is 11.9. The van der Waals surface area contributed by atoms with Gasteiger partial charge in [-0.25, -0.2) is 0 Å². The van der Waals surface area contributed by atoms with Crippen molar-refractivity contribution in [3.8, 4) is 0 Å². The summed E-state index contributed by atoms with van der Waals surface area (Å²) in [6.07, 6.45) is 1.52. The number of hydrogen-bond acceptors (Lipinski definition) is 2. The number of carbonyl (C=O) groups excluding carboxylic acids is 1. The Labute approximate surface area is 111 Å². The molecule has 1 rings (SSSR count). The number of nitrogens with one attached hydrogen (secondary N) is 2. The van der Waals surface area contributed by atoms with Gasteiger partial charge in [0, 0.05) is 30.5 Å². The van der Waals surface area contributed by atoms with E-state index < -0.39 is 0 Å². The number of amides is 1. The Kier molecular flexibility index (Phi) is 6.22. The standard InChI is InChI=1S/C13H19BrN2O/c1-3-12(16-8-7-13(17)15-2)10-5-4-6-11(14)9-10/h4-6,9,12,16H,3,7-8H2,1-2H3,(H,15,17). The summed E-state index contributed by atoms with van der Waals surface area (Å²) in [7, 11) is 1.66. The minimum atomic E-state index is 0.0709. The highest BCUT2D eigenvalue weighted by atomic mass is 79.9. The molecule has 94 valence electrons. The third-order valence-corrected chi connectivity index (χ3v) is 3.17. The number of carbonyl (C=O) groups is 1. The van der Waals surface area contributed by atoms with Gasteiger partial charge < -0.3 is 10.6 Å². The topological polar surface area (TPSA) is 41.1 Å². The Morgan fingerprint density at radius 1 is 1.47 bits per heavy atom. The normalized spacial score (nSPS) is 12.2. The van der Waals surface area contributed by atoms with Crippen molar-refractivity contribution in [2.45, 2.75) is 25.8 Å². The highest BCUT2D eigenvalue weighted by Gasteiger charge is 2.09. The molecule has 1 unspecified atom stereocenters. The van der Waals surface area contributed by atoms with Crippen molar-refractivity contribution < 1.29 is 4.79 Å². The average molecular weight is 299 g/mol. The van der Waals surface area contributed by atoms with Crippen molar-refractivity contribution in [1.29, 1.82) is 0 Å². The molecule has 1 amide bonds. The predicted molar refractivity (Wildman–Crippen MR) is 73.9 cm³/mol. The van der Waals surface area contributed by atoms with Gasteiger partial charge in [0.25, 0.3) is 0 Å². The number of halogens is 1. The fourth-order valence-corrected chi connectivity index (χ4v) is 2.12. The second-order valence-electron chi connectivity index (χ2n) is 3.89. The average Bonchev–Trinajstić information content (AvgIpc) is 2.34. The molecule has 0 heterocycles. The minimum absolute atomic E-state index is 0.0709. The summed E-state index contributed by atoms with van der Waals surface area (Å²) in [5.41, 5.74) is 1.25. The molecule has 0 radical (unpaired) electrons. The summed E-state index contributed by atoms with van der Waals surface area (Å²) in [5.74, 6) is 0.0709. The lowest BCUT2D eigenvalue weighted by Gasteiger charge is -2.17. The summed E-state index contributed by atoms with van der Waals surface area (Å²) in [4.78, 5) is 11.1. The molecule has 0 aromatic heterocycles. The molecule has 3 nitrogen and oxygen atoms in total. The molecule has 0 bridgehead atoms. The van der Waals surface area contributed by atoms with E-state index in [-0.39, 0.29) is 5.91 Å². The van der Waals surface area contributed by atoms with Gasteiger partial charge in [-0.15, -0.1) is 0 Å². The first-order valence-electron chi connectivity index (χ1n) is 5.86. The predicted octanol–water partition coefficient (Wildman–Crippen LogP) is 2.63. The molecule has 0 aliphatic rings. The van der Waals surface area contributed by atoms with Crippen molar-refractivity contribution in [3.63, 3.8) is 0 Å². The third kappa shape index (κ3) is 4.88. The van der Waals surface area contributed by atoms with Crippen molar-refractivity contribution in [3.05, 3.63) is 34.3 Å². The number of rotatable bonds is 6. The van der Waals surface area contributed by atoms with Gasteiger partial charge in [0.05, 0.1) is 0 Å². The quantitative estimate of drug-likeness (QED) is 0.848. The molecule has 0 saturated heterocycles. The lowest BCUT2D eigenvalue weighted by atomic mass is 10.0. The Balaban J connectivity index is 2.51. The zero-order valence-electron chi connectivity index (χ0n) is 10.3. The molecule has 17 heavy (non-hydrogen) atoms. The summed E-state index contributed by atoms with van der Waals surface area (Å²) >= 11 is 3.47. The van der Waals surface area contributed by atoms with Crippen LogP contribution < -0.4 is 10.6 Å². The first-order valence-corrected chi connectivity index (χ1v) is 6.66. The minimum Gasteiger partial charge on any atom is -0.359 e. The van der Waals surface area contributed by atoms with Crippen LogP contribution in [0.1, 0.15) is 31.4 Å². The van der Waals surface area contributed by atoms with Crippen LogP contribution in [0.3, 0.4) is 0 Å². The Morgan fingerprint density at radius 2 is 2.24 bits per heavy atom. The van der Waals surface area contributed by atoms with Crippen molar-refractivity contribution >= 4 is 21.8 Å². The monoisotopic (exact) mass is 298 g/mol. The van der Waals surface area contributed by atoms with Crippen molar-refractivity contribution in [1.82, 2.24) is 10.6 Å². The molecule has 1 atom stereocenters. The highest BCUT2D eigenvalue weighted by molar-refractivity contribution is 9.10. The van der Waals surface area contributed by atoms with Gasteiger partial charge in [-0.05, 0) is 24.1 Å². The third-order valence-electron chi connectivity index (χ3n) is 2.68. The molecular weight excluding hydrogens is 280 g/mol. The van der Waals surface area contributed by atoms with Gasteiger partial charge in [-0.2, -0.15) is 0 Å². The maximum absolute atomic E-state index is 11.1. The number of hydrogen-bond donors (Lipinski definition) is 2. The van der Waals surface area contributed by atoms with E-state index in [1.165, 1.54) is 5.56 Å².